The van der Waals surface area contributed by atoms with Crippen molar-refractivity contribution in [3.8, 4) is 5.75 Å². The first-order chi connectivity index (χ1) is 10.8. The first kappa shape index (κ1) is 20.7. The number of carbonyl (C=O) groups excluding carboxylic acids is 1. The molecule has 6 heteroatoms. The minimum Gasteiger partial charge on any atom is -0.410 e. The van der Waals surface area contributed by atoms with Crippen molar-refractivity contribution in [1.29, 1.82) is 0 Å². The van der Waals surface area contributed by atoms with Gasteiger partial charge in [0.1, 0.15) is 5.75 Å². The largest absolute Gasteiger partial charge is 0.412 e. The number of carbonyl (C=O) groups is 1. The zero-order valence-electron chi connectivity index (χ0n) is 15.8. The van der Waals surface area contributed by atoms with Crippen LogP contribution in [0.5, 0.6) is 5.75 Å². The number of amides is 1. The predicted molar refractivity (Wildman–Crippen MR) is 98.8 cm³/mol. The molecular formula is C18H31NO4Si. The van der Waals surface area contributed by atoms with E-state index in [1.165, 1.54) is 0 Å². The van der Waals surface area contributed by atoms with Crippen molar-refractivity contribution in [2.45, 2.75) is 64.5 Å². The Bertz CT molecular complexity index is 538. The van der Waals surface area contributed by atoms with Gasteiger partial charge in [0.25, 0.3) is 0 Å². The van der Waals surface area contributed by atoms with Gasteiger partial charge in [-0.15, -0.1) is 0 Å². The summed E-state index contributed by atoms with van der Waals surface area (Å²) in [7, 11) is -2.02. The van der Waals surface area contributed by atoms with Gasteiger partial charge in [0.2, 0.25) is 0 Å². The van der Waals surface area contributed by atoms with Crippen molar-refractivity contribution >= 4 is 14.4 Å². The predicted octanol–water partition coefficient (Wildman–Crippen LogP) is 3.94. The lowest BCUT2D eigenvalue weighted by molar-refractivity contribution is -0.0353. The number of benzene rings is 1. The standard InChI is InChI=1S/C18H31NO4Si/c1-17(2,3)24(6,7)23-18(4,5)15(20)13-19-16(21)22-14-11-9-8-10-12-14/h8-12,15,20H,13H2,1-7H3,(H,19,21)/t15-/m1/s1. The summed E-state index contributed by atoms with van der Waals surface area (Å²) in [6.45, 7) is 14.5. The van der Waals surface area contributed by atoms with Gasteiger partial charge in [-0.3, -0.25) is 0 Å². The topological polar surface area (TPSA) is 67.8 Å². The van der Waals surface area contributed by atoms with Crippen LogP contribution in [0.25, 0.3) is 0 Å². The molecule has 0 aliphatic heterocycles. The maximum absolute atomic E-state index is 11.8. The molecule has 1 aromatic rings. The van der Waals surface area contributed by atoms with Crippen LogP contribution < -0.4 is 10.1 Å². The number of hydrogen-bond acceptors (Lipinski definition) is 4. The normalized spacial score (nSPS) is 14.2. The van der Waals surface area contributed by atoms with Crippen molar-refractivity contribution in [3.63, 3.8) is 0 Å². The summed E-state index contributed by atoms with van der Waals surface area (Å²) in [4.78, 5) is 11.8. The van der Waals surface area contributed by atoms with Gasteiger partial charge >= 0.3 is 6.09 Å². The molecular weight excluding hydrogens is 322 g/mol. The van der Waals surface area contributed by atoms with Crippen LogP contribution in [-0.2, 0) is 4.43 Å². The second-order valence-electron chi connectivity index (χ2n) is 8.07. The Morgan fingerprint density at radius 2 is 1.71 bits per heavy atom. The summed E-state index contributed by atoms with van der Waals surface area (Å²) >= 11 is 0. The van der Waals surface area contributed by atoms with Crippen molar-refractivity contribution in [2.75, 3.05) is 6.54 Å². The van der Waals surface area contributed by atoms with E-state index in [2.05, 4.69) is 39.2 Å². The molecule has 1 atom stereocenters. The average molecular weight is 354 g/mol. The van der Waals surface area contributed by atoms with Gasteiger partial charge in [-0.05, 0) is 44.1 Å². The molecule has 0 saturated carbocycles. The van der Waals surface area contributed by atoms with Crippen LogP contribution in [0.1, 0.15) is 34.6 Å². The van der Waals surface area contributed by atoms with Crippen LogP contribution >= 0.6 is 0 Å². The lowest BCUT2D eigenvalue weighted by Crippen LogP contribution is -2.54. The summed E-state index contributed by atoms with van der Waals surface area (Å²) in [6, 6.07) is 8.80. The molecule has 5 nitrogen and oxygen atoms in total. The molecule has 24 heavy (non-hydrogen) atoms. The molecule has 0 aromatic heterocycles. The molecule has 1 amide bonds. The van der Waals surface area contributed by atoms with Gasteiger partial charge in [-0.1, -0.05) is 39.0 Å². The van der Waals surface area contributed by atoms with Crippen LogP contribution in [0.3, 0.4) is 0 Å². The summed E-state index contributed by atoms with van der Waals surface area (Å²) in [6.07, 6.45) is -1.43. The molecule has 0 fully saturated rings. The lowest BCUT2D eigenvalue weighted by atomic mass is 10.0. The molecule has 1 aromatic carbocycles. The molecule has 0 aliphatic carbocycles. The van der Waals surface area contributed by atoms with Gasteiger partial charge in [0.05, 0.1) is 11.7 Å². The Morgan fingerprint density at radius 3 is 2.21 bits per heavy atom. The quantitative estimate of drug-likeness (QED) is 0.760. The minimum absolute atomic E-state index is 0.0453. The Labute approximate surface area is 146 Å². The molecule has 0 radical (unpaired) electrons. The molecule has 0 heterocycles. The number of ether oxygens (including phenoxy) is 1. The van der Waals surface area contributed by atoms with Crippen LogP contribution in [-0.4, -0.2) is 37.8 Å². The van der Waals surface area contributed by atoms with Crippen LogP contribution in [0.2, 0.25) is 18.1 Å². The molecule has 0 bridgehead atoms. The van der Waals surface area contributed by atoms with Gasteiger partial charge in [-0.25, -0.2) is 4.79 Å². The van der Waals surface area contributed by atoms with Crippen molar-refractivity contribution in [1.82, 2.24) is 5.32 Å². The number of para-hydroxylation sites is 1. The van der Waals surface area contributed by atoms with E-state index in [0.29, 0.717) is 5.75 Å². The lowest BCUT2D eigenvalue weighted by Gasteiger charge is -2.44. The van der Waals surface area contributed by atoms with E-state index in [4.69, 9.17) is 9.16 Å². The zero-order valence-corrected chi connectivity index (χ0v) is 16.8. The maximum Gasteiger partial charge on any atom is 0.412 e. The van der Waals surface area contributed by atoms with Crippen molar-refractivity contribution in [2.24, 2.45) is 0 Å². The molecule has 0 saturated heterocycles. The molecule has 2 N–H and O–H groups in total. The minimum atomic E-state index is -2.02. The van der Waals surface area contributed by atoms with Crippen molar-refractivity contribution < 1.29 is 19.1 Å². The van der Waals surface area contributed by atoms with Crippen LogP contribution in [0, 0.1) is 0 Å². The Kier molecular flexibility index (Phi) is 6.61. The van der Waals surface area contributed by atoms with Gasteiger partial charge in [0, 0.05) is 6.54 Å². The van der Waals surface area contributed by atoms with Crippen LogP contribution in [0.4, 0.5) is 4.79 Å². The zero-order chi connectivity index (χ0) is 18.6. The molecule has 1 rings (SSSR count). The first-order valence-electron chi connectivity index (χ1n) is 8.24. The van der Waals surface area contributed by atoms with E-state index < -0.39 is 26.1 Å². The fourth-order valence-electron chi connectivity index (χ4n) is 1.94. The van der Waals surface area contributed by atoms with Crippen molar-refractivity contribution in [3.05, 3.63) is 30.3 Å². The highest BCUT2D eigenvalue weighted by Gasteiger charge is 2.43. The molecule has 0 spiro atoms. The fourth-order valence-corrected chi connectivity index (χ4v) is 3.69. The smallest absolute Gasteiger partial charge is 0.410 e. The van der Waals surface area contributed by atoms with Gasteiger partial charge in [-0.2, -0.15) is 0 Å². The first-order valence-corrected chi connectivity index (χ1v) is 11.1. The molecule has 0 aliphatic rings. The summed E-state index contributed by atoms with van der Waals surface area (Å²) < 4.78 is 11.4. The van der Waals surface area contributed by atoms with Gasteiger partial charge in [0.15, 0.2) is 8.32 Å². The Hall–Kier alpha value is -1.37. The highest BCUT2D eigenvalue weighted by atomic mass is 28.4. The fraction of sp³-hybridized carbons (Fsp3) is 0.611. The second kappa shape index (κ2) is 7.67. The maximum atomic E-state index is 11.8. The number of hydrogen-bond donors (Lipinski definition) is 2. The van der Waals surface area contributed by atoms with E-state index in [9.17, 15) is 9.90 Å². The van der Waals surface area contributed by atoms with E-state index in [1.54, 1.807) is 24.3 Å². The third kappa shape index (κ3) is 5.92. The number of rotatable bonds is 6. The number of aliphatic hydroxyl groups excluding tert-OH is 1. The Morgan fingerprint density at radius 1 is 1.17 bits per heavy atom. The summed E-state index contributed by atoms with van der Waals surface area (Å²) in [5, 5.41) is 13.1. The third-order valence-electron chi connectivity index (χ3n) is 4.52. The number of aliphatic hydroxyl groups is 1. The second-order valence-corrected chi connectivity index (χ2v) is 12.8. The highest BCUT2D eigenvalue weighted by molar-refractivity contribution is 6.74. The van der Waals surface area contributed by atoms with E-state index in [0.717, 1.165) is 0 Å². The third-order valence-corrected chi connectivity index (χ3v) is 9.17. The average Bonchev–Trinajstić information content (AvgIpc) is 2.43. The monoisotopic (exact) mass is 353 g/mol. The van der Waals surface area contributed by atoms with E-state index in [1.807, 2.05) is 19.9 Å². The van der Waals surface area contributed by atoms with E-state index >= 15 is 0 Å². The highest BCUT2D eigenvalue weighted by Crippen LogP contribution is 2.39. The molecule has 0 unspecified atom stereocenters. The Balaban J connectivity index is 2.56. The SMILES string of the molecule is CC(C)(O[Si](C)(C)C(C)(C)C)[C@H](O)CNC(=O)Oc1ccccc1. The molecule has 136 valence electrons. The summed E-state index contributed by atoms with van der Waals surface area (Å²) in [5.41, 5.74) is -0.761. The summed E-state index contributed by atoms with van der Waals surface area (Å²) in [5.74, 6) is 0.460. The van der Waals surface area contributed by atoms with E-state index in [-0.39, 0.29) is 11.6 Å². The van der Waals surface area contributed by atoms with Gasteiger partial charge < -0.3 is 19.6 Å². The van der Waals surface area contributed by atoms with Crippen LogP contribution in [0.15, 0.2) is 30.3 Å². The number of nitrogens with one attached hydrogen (secondary N) is 1.